The zero-order valence-corrected chi connectivity index (χ0v) is 12.3. The number of nitrogens with one attached hydrogen (secondary N) is 1. The van der Waals surface area contributed by atoms with Crippen molar-refractivity contribution in [1.82, 2.24) is 9.78 Å². The third kappa shape index (κ3) is 2.93. The van der Waals surface area contributed by atoms with Gasteiger partial charge in [-0.05, 0) is 36.6 Å². The Morgan fingerprint density at radius 2 is 1.89 bits per heavy atom. The Bertz CT molecular complexity index is 606. The number of nitrogens with zero attached hydrogens (tertiary/aromatic N) is 1. The lowest BCUT2D eigenvalue weighted by molar-refractivity contribution is 0.625. The van der Waals surface area contributed by atoms with E-state index >= 15 is 0 Å². The number of H-pyrrole nitrogens is 1. The Morgan fingerprint density at radius 3 is 2.58 bits per heavy atom. The van der Waals surface area contributed by atoms with Gasteiger partial charge < -0.3 is 5.10 Å². The van der Waals surface area contributed by atoms with Gasteiger partial charge in [-0.1, -0.05) is 48.8 Å². The standard InChI is InChI=1S/C15H17ClN2S/c16-13-7-5-11(6-8-13)10-18-15(19)9-14(17-18)12-3-1-2-4-12/h5-9,12,17H,1-4,10H2. The Morgan fingerprint density at radius 1 is 1.21 bits per heavy atom. The number of benzene rings is 1. The van der Waals surface area contributed by atoms with Gasteiger partial charge >= 0.3 is 0 Å². The van der Waals surface area contributed by atoms with E-state index in [9.17, 15) is 0 Å². The number of hydrogen-bond acceptors (Lipinski definition) is 1. The first kappa shape index (κ1) is 12.9. The molecule has 3 rings (SSSR count). The zero-order valence-electron chi connectivity index (χ0n) is 10.7. The van der Waals surface area contributed by atoms with Crippen LogP contribution in [0.2, 0.25) is 5.02 Å². The molecular formula is C15H17ClN2S. The average molecular weight is 293 g/mol. The van der Waals surface area contributed by atoms with Crippen molar-refractivity contribution in [2.45, 2.75) is 38.1 Å². The molecule has 2 aromatic rings. The van der Waals surface area contributed by atoms with Crippen LogP contribution in [-0.2, 0) is 6.54 Å². The summed E-state index contributed by atoms with van der Waals surface area (Å²) >= 11 is 11.3. The fourth-order valence-corrected chi connectivity index (χ4v) is 3.15. The normalized spacial score (nSPS) is 16.1. The van der Waals surface area contributed by atoms with Crippen molar-refractivity contribution < 1.29 is 0 Å². The van der Waals surface area contributed by atoms with Gasteiger partial charge in [-0.3, -0.25) is 4.68 Å². The maximum atomic E-state index is 5.90. The van der Waals surface area contributed by atoms with Crippen LogP contribution < -0.4 is 0 Å². The third-order valence-electron chi connectivity index (χ3n) is 3.86. The molecule has 19 heavy (non-hydrogen) atoms. The number of halogens is 1. The van der Waals surface area contributed by atoms with Crippen LogP contribution >= 0.6 is 23.8 Å². The highest BCUT2D eigenvalue weighted by Gasteiger charge is 2.18. The van der Waals surface area contributed by atoms with Crippen molar-refractivity contribution in [1.29, 1.82) is 0 Å². The van der Waals surface area contributed by atoms with Gasteiger partial charge in [0.1, 0.15) is 4.64 Å². The SMILES string of the molecule is S=c1cc(C2CCCC2)[nH]n1Cc1ccc(Cl)cc1. The minimum Gasteiger partial charge on any atom is -0.301 e. The molecule has 0 saturated heterocycles. The molecule has 1 N–H and O–H groups in total. The molecule has 0 spiro atoms. The fraction of sp³-hybridized carbons (Fsp3) is 0.400. The van der Waals surface area contributed by atoms with Crippen LogP contribution in [0.5, 0.6) is 0 Å². The molecule has 0 unspecified atom stereocenters. The van der Waals surface area contributed by atoms with E-state index in [1.807, 2.05) is 28.9 Å². The van der Waals surface area contributed by atoms with Crippen LogP contribution in [0.1, 0.15) is 42.9 Å². The number of aromatic nitrogens is 2. The highest BCUT2D eigenvalue weighted by Crippen LogP contribution is 2.33. The van der Waals surface area contributed by atoms with Crippen molar-refractivity contribution in [3.63, 3.8) is 0 Å². The summed E-state index contributed by atoms with van der Waals surface area (Å²) in [6.07, 6.45) is 5.26. The third-order valence-corrected chi connectivity index (χ3v) is 4.45. The van der Waals surface area contributed by atoms with Gasteiger partial charge in [0.25, 0.3) is 0 Å². The topological polar surface area (TPSA) is 20.7 Å². The highest BCUT2D eigenvalue weighted by atomic mass is 35.5. The van der Waals surface area contributed by atoms with Crippen LogP contribution in [0.4, 0.5) is 0 Å². The molecule has 0 amide bonds. The van der Waals surface area contributed by atoms with Gasteiger partial charge in [-0.25, -0.2) is 0 Å². The molecule has 1 saturated carbocycles. The van der Waals surface area contributed by atoms with Crippen molar-refractivity contribution in [3.8, 4) is 0 Å². The smallest absolute Gasteiger partial charge is 0.122 e. The number of rotatable bonds is 3. The van der Waals surface area contributed by atoms with E-state index in [1.165, 1.54) is 36.9 Å². The predicted octanol–water partition coefficient (Wildman–Crippen LogP) is 4.90. The second-order valence-corrected chi connectivity index (χ2v) is 6.10. The van der Waals surface area contributed by atoms with E-state index in [0.717, 1.165) is 16.2 Å². The maximum absolute atomic E-state index is 5.90. The quantitative estimate of drug-likeness (QED) is 0.798. The summed E-state index contributed by atoms with van der Waals surface area (Å²) in [5.74, 6) is 0.674. The Hall–Kier alpha value is -1.06. The van der Waals surface area contributed by atoms with Crippen molar-refractivity contribution in [2.75, 3.05) is 0 Å². The average Bonchev–Trinajstić information content (AvgIpc) is 3.03. The Labute approximate surface area is 123 Å². The van der Waals surface area contributed by atoms with E-state index in [-0.39, 0.29) is 0 Å². The zero-order chi connectivity index (χ0) is 13.2. The lowest BCUT2D eigenvalue weighted by Crippen LogP contribution is -2.03. The van der Waals surface area contributed by atoms with E-state index in [2.05, 4.69) is 11.2 Å². The van der Waals surface area contributed by atoms with Gasteiger partial charge in [0, 0.05) is 16.6 Å². The largest absolute Gasteiger partial charge is 0.301 e. The lowest BCUT2D eigenvalue weighted by atomic mass is 10.1. The van der Waals surface area contributed by atoms with Gasteiger partial charge in [0.15, 0.2) is 0 Å². The molecule has 1 aliphatic rings. The number of hydrogen-bond donors (Lipinski definition) is 1. The van der Waals surface area contributed by atoms with Crippen LogP contribution in [0.15, 0.2) is 30.3 Å². The molecular weight excluding hydrogens is 276 g/mol. The molecule has 0 atom stereocenters. The minimum atomic E-state index is 0.674. The van der Waals surface area contributed by atoms with Gasteiger partial charge in [-0.15, -0.1) is 0 Å². The van der Waals surface area contributed by atoms with Gasteiger partial charge in [0.2, 0.25) is 0 Å². The molecule has 100 valence electrons. The van der Waals surface area contributed by atoms with Crippen molar-refractivity contribution in [2.24, 2.45) is 0 Å². The minimum absolute atomic E-state index is 0.674. The Balaban J connectivity index is 1.81. The molecule has 1 aliphatic carbocycles. The summed E-state index contributed by atoms with van der Waals surface area (Å²) < 4.78 is 2.93. The summed E-state index contributed by atoms with van der Waals surface area (Å²) in [6, 6.07) is 10.0. The predicted molar refractivity (Wildman–Crippen MR) is 81.4 cm³/mol. The summed E-state index contributed by atoms with van der Waals surface area (Å²) in [5, 5.41) is 4.23. The molecule has 1 aromatic carbocycles. The monoisotopic (exact) mass is 292 g/mol. The fourth-order valence-electron chi connectivity index (χ4n) is 2.79. The molecule has 1 aromatic heterocycles. The van der Waals surface area contributed by atoms with Crippen molar-refractivity contribution in [3.05, 3.63) is 51.3 Å². The first-order valence-electron chi connectivity index (χ1n) is 6.76. The summed E-state index contributed by atoms with van der Waals surface area (Å²) in [5.41, 5.74) is 2.51. The molecule has 1 heterocycles. The Kier molecular flexibility index (Phi) is 3.76. The summed E-state index contributed by atoms with van der Waals surface area (Å²) in [6.45, 7) is 0.780. The molecule has 0 radical (unpaired) electrons. The van der Waals surface area contributed by atoms with E-state index in [1.54, 1.807) is 0 Å². The first-order chi connectivity index (χ1) is 9.22. The molecule has 0 aliphatic heterocycles. The first-order valence-corrected chi connectivity index (χ1v) is 7.55. The molecule has 1 fully saturated rings. The van der Waals surface area contributed by atoms with E-state index < -0.39 is 0 Å². The molecule has 4 heteroatoms. The van der Waals surface area contributed by atoms with Crippen LogP contribution in [0.3, 0.4) is 0 Å². The number of aromatic amines is 1. The second kappa shape index (κ2) is 5.51. The second-order valence-electron chi connectivity index (χ2n) is 5.24. The van der Waals surface area contributed by atoms with Crippen LogP contribution in [0, 0.1) is 4.64 Å². The van der Waals surface area contributed by atoms with Crippen LogP contribution in [0.25, 0.3) is 0 Å². The maximum Gasteiger partial charge on any atom is 0.122 e. The molecule has 2 nitrogen and oxygen atoms in total. The van der Waals surface area contributed by atoms with Gasteiger partial charge in [0.05, 0.1) is 6.54 Å². The highest BCUT2D eigenvalue weighted by molar-refractivity contribution is 7.71. The lowest BCUT2D eigenvalue weighted by Gasteiger charge is -2.07. The van der Waals surface area contributed by atoms with Gasteiger partial charge in [-0.2, -0.15) is 0 Å². The van der Waals surface area contributed by atoms with E-state index in [0.29, 0.717) is 5.92 Å². The molecule has 0 bridgehead atoms. The van der Waals surface area contributed by atoms with E-state index in [4.69, 9.17) is 23.8 Å². The summed E-state index contributed by atoms with van der Waals surface area (Å²) in [4.78, 5) is 0. The summed E-state index contributed by atoms with van der Waals surface area (Å²) in [7, 11) is 0. The van der Waals surface area contributed by atoms with Crippen LogP contribution in [-0.4, -0.2) is 9.78 Å². The van der Waals surface area contributed by atoms with Crippen molar-refractivity contribution >= 4 is 23.8 Å².